The van der Waals surface area contributed by atoms with Gasteiger partial charge in [-0.05, 0) is 37.3 Å². The summed E-state index contributed by atoms with van der Waals surface area (Å²) in [4.78, 5) is 30.4. The van der Waals surface area contributed by atoms with E-state index >= 15 is 0 Å². The lowest BCUT2D eigenvalue weighted by molar-refractivity contribution is -0.141. The van der Waals surface area contributed by atoms with Crippen LogP contribution in [0.15, 0.2) is 59.4 Å². The minimum Gasteiger partial charge on any atom is -0.497 e. The zero-order chi connectivity index (χ0) is 23.8. The Morgan fingerprint density at radius 1 is 1.12 bits per heavy atom. The molecule has 8 nitrogen and oxygen atoms in total. The predicted molar refractivity (Wildman–Crippen MR) is 114 cm³/mol. The highest BCUT2D eigenvalue weighted by molar-refractivity contribution is 5.86. The number of nitrogens with one attached hydrogen (secondary N) is 1. The fourth-order valence-corrected chi connectivity index (χ4v) is 3.30. The summed E-state index contributed by atoms with van der Waals surface area (Å²) in [6.07, 6.45) is -4.63. The second kappa shape index (κ2) is 8.41. The molecule has 0 aliphatic carbocycles. The molecule has 0 saturated heterocycles. The molecule has 2 heterocycles. The number of alkyl halides is 3. The van der Waals surface area contributed by atoms with Gasteiger partial charge >= 0.3 is 6.18 Å². The second-order valence-corrected chi connectivity index (χ2v) is 7.19. The van der Waals surface area contributed by atoms with Crippen molar-refractivity contribution < 1.29 is 22.7 Å². The van der Waals surface area contributed by atoms with Gasteiger partial charge in [0.05, 0.1) is 18.0 Å². The molecule has 0 radical (unpaired) electrons. The normalized spacial score (nSPS) is 11.5. The summed E-state index contributed by atoms with van der Waals surface area (Å²) in [5.41, 5.74) is 1.87. The first-order valence-corrected chi connectivity index (χ1v) is 9.75. The Morgan fingerprint density at radius 3 is 2.58 bits per heavy atom. The van der Waals surface area contributed by atoms with Crippen molar-refractivity contribution in [2.45, 2.75) is 19.6 Å². The van der Waals surface area contributed by atoms with Crippen molar-refractivity contribution in [1.29, 1.82) is 0 Å². The van der Waals surface area contributed by atoms with Gasteiger partial charge in [-0.1, -0.05) is 24.3 Å². The molecule has 0 spiro atoms. The Hall–Kier alpha value is -4.15. The van der Waals surface area contributed by atoms with Crippen LogP contribution in [0.1, 0.15) is 11.4 Å². The molecule has 170 valence electrons. The molecule has 2 aromatic carbocycles. The lowest BCUT2D eigenvalue weighted by Gasteiger charge is -2.15. The number of fused-ring (bicyclic) bond motifs is 1. The highest BCUT2D eigenvalue weighted by Gasteiger charge is 2.34. The molecule has 4 aromatic rings. The largest absolute Gasteiger partial charge is 0.497 e. The summed E-state index contributed by atoms with van der Waals surface area (Å²) in [5, 5.41) is 3.71. The lowest BCUT2D eigenvalue weighted by Crippen LogP contribution is -2.37. The number of hydrogen-bond donors (Lipinski definition) is 1. The van der Waals surface area contributed by atoms with Crippen LogP contribution < -0.4 is 15.7 Å². The molecule has 0 bridgehead atoms. The number of aromatic nitrogens is 4. The third kappa shape index (κ3) is 4.43. The molecule has 11 heteroatoms. The first-order chi connectivity index (χ1) is 15.7. The van der Waals surface area contributed by atoms with Gasteiger partial charge in [-0.15, -0.1) is 0 Å². The molecular weight excluding hydrogens is 439 g/mol. The number of hydrogen-bond acceptors (Lipinski definition) is 5. The van der Waals surface area contributed by atoms with E-state index in [1.54, 1.807) is 48.5 Å². The molecule has 0 unspecified atom stereocenters. The third-order valence-corrected chi connectivity index (χ3v) is 4.91. The average molecular weight is 457 g/mol. The highest BCUT2D eigenvalue weighted by atomic mass is 19.4. The van der Waals surface area contributed by atoms with Crippen LogP contribution in [0, 0.1) is 6.92 Å². The number of benzene rings is 2. The summed E-state index contributed by atoms with van der Waals surface area (Å²) in [6, 6.07) is 14.2. The number of rotatable bonds is 5. The van der Waals surface area contributed by atoms with Gasteiger partial charge in [0.25, 0.3) is 11.5 Å². The standard InChI is InChI=1S/C22H18F3N5O3/c1-13-10-18(22(23,24)25)27-29(13)12-19(31)28-30-20(14-6-5-7-15(11-14)33-2)26-17-9-4-3-8-16(17)21(30)32/h3-11H,12H2,1-2H3,(H,28,31). The van der Waals surface area contributed by atoms with E-state index in [1.165, 1.54) is 14.0 Å². The number of para-hydroxylation sites is 1. The summed E-state index contributed by atoms with van der Waals surface area (Å²) >= 11 is 0. The molecule has 1 N–H and O–H groups in total. The van der Waals surface area contributed by atoms with E-state index in [4.69, 9.17) is 4.74 Å². The van der Waals surface area contributed by atoms with E-state index < -0.39 is 29.9 Å². The molecule has 0 saturated carbocycles. The molecular formula is C22H18F3N5O3. The van der Waals surface area contributed by atoms with Crippen LogP contribution >= 0.6 is 0 Å². The fraction of sp³-hybridized carbons (Fsp3) is 0.182. The Labute approximate surface area is 185 Å². The number of aryl methyl sites for hydroxylation is 1. The zero-order valence-electron chi connectivity index (χ0n) is 17.6. The molecule has 0 atom stereocenters. The van der Waals surface area contributed by atoms with Crippen molar-refractivity contribution in [2.75, 3.05) is 12.5 Å². The SMILES string of the molecule is COc1cccc(-c2nc3ccccc3c(=O)n2NC(=O)Cn2nc(C(F)(F)F)cc2C)c1. The van der Waals surface area contributed by atoms with Crippen molar-refractivity contribution in [1.82, 2.24) is 19.4 Å². The van der Waals surface area contributed by atoms with E-state index in [9.17, 15) is 22.8 Å². The van der Waals surface area contributed by atoms with Gasteiger partial charge in [-0.2, -0.15) is 22.9 Å². The van der Waals surface area contributed by atoms with E-state index in [0.717, 1.165) is 15.4 Å². The molecule has 0 fully saturated rings. The van der Waals surface area contributed by atoms with Crippen molar-refractivity contribution >= 4 is 16.8 Å². The molecule has 1 amide bonds. The van der Waals surface area contributed by atoms with Gasteiger partial charge < -0.3 is 4.74 Å². The first-order valence-electron chi connectivity index (χ1n) is 9.75. The highest BCUT2D eigenvalue weighted by Crippen LogP contribution is 2.28. The lowest BCUT2D eigenvalue weighted by atomic mass is 10.2. The summed E-state index contributed by atoms with van der Waals surface area (Å²) in [7, 11) is 1.49. The number of ether oxygens (including phenoxy) is 1. The van der Waals surface area contributed by atoms with Crippen molar-refractivity contribution in [2.24, 2.45) is 0 Å². The Morgan fingerprint density at radius 2 is 1.88 bits per heavy atom. The molecule has 0 aliphatic heterocycles. The van der Waals surface area contributed by atoms with Crippen LogP contribution in [0.4, 0.5) is 13.2 Å². The monoisotopic (exact) mass is 457 g/mol. The van der Waals surface area contributed by atoms with Crippen molar-refractivity contribution in [3.05, 3.63) is 76.3 Å². The molecule has 0 aliphatic rings. The van der Waals surface area contributed by atoms with E-state index in [0.29, 0.717) is 16.8 Å². The number of amides is 1. The molecule has 4 rings (SSSR count). The van der Waals surface area contributed by atoms with Crippen LogP contribution in [0.3, 0.4) is 0 Å². The maximum atomic E-state index is 13.2. The number of nitrogens with zero attached hydrogens (tertiary/aromatic N) is 4. The van der Waals surface area contributed by atoms with Gasteiger partial charge in [0.2, 0.25) is 0 Å². The quantitative estimate of drug-likeness (QED) is 0.496. The number of carbonyl (C=O) groups is 1. The van der Waals surface area contributed by atoms with Crippen LogP contribution in [-0.4, -0.2) is 32.5 Å². The second-order valence-electron chi connectivity index (χ2n) is 7.19. The maximum absolute atomic E-state index is 13.2. The minimum absolute atomic E-state index is 0.138. The van der Waals surface area contributed by atoms with Crippen LogP contribution in [0.2, 0.25) is 0 Å². The van der Waals surface area contributed by atoms with Gasteiger partial charge in [0.15, 0.2) is 11.5 Å². The number of carbonyl (C=O) groups excluding carboxylic acids is 1. The van der Waals surface area contributed by atoms with E-state index in [-0.39, 0.29) is 16.9 Å². The van der Waals surface area contributed by atoms with E-state index in [1.807, 2.05) is 0 Å². The summed E-state index contributed by atoms with van der Waals surface area (Å²) < 4.78 is 45.9. The predicted octanol–water partition coefficient (Wildman–Crippen LogP) is 3.37. The summed E-state index contributed by atoms with van der Waals surface area (Å²) in [6.45, 7) is 0.875. The zero-order valence-corrected chi connectivity index (χ0v) is 17.6. The minimum atomic E-state index is -4.63. The van der Waals surface area contributed by atoms with Crippen LogP contribution in [0.5, 0.6) is 5.75 Å². The van der Waals surface area contributed by atoms with Gasteiger partial charge in [-0.25, -0.2) is 4.98 Å². The third-order valence-electron chi connectivity index (χ3n) is 4.91. The summed E-state index contributed by atoms with van der Waals surface area (Å²) in [5.74, 6) is -0.100. The van der Waals surface area contributed by atoms with Crippen molar-refractivity contribution in [3.63, 3.8) is 0 Å². The fourth-order valence-electron chi connectivity index (χ4n) is 3.30. The Balaban J connectivity index is 1.75. The Kier molecular flexibility index (Phi) is 5.62. The van der Waals surface area contributed by atoms with E-state index in [2.05, 4.69) is 15.5 Å². The smallest absolute Gasteiger partial charge is 0.435 e. The Bertz CT molecular complexity index is 1410. The average Bonchev–Trinajstić information content (AvgIpc) is 3.16. The van der Waals surface area contributed by atoms with Gasteiger partial charge in [0, 0.05) is 11.3 Å². The van der Waals surface area contributed by atoms with Crippen LogP contribution in [0.25, 0.3) is 22.3 Å². The van der Waals surface area contributed by atoms with Gasteiger partial charge in [0.1, 0.15) is 12.3 Å². The molecule has 33 heavy (non-hydrogen) atoms. The maximum Gasteiger partial charge on any atom is 0.435 e. The van der Waals surface area contributed by atoms with Crippen molar-refractivity contribution in [3.8, 4) is 17.1 Å². The number of halogens is 3. The van der Waals surface area contributed by atoms with Gasteiger partial charge in [-0.3, -0.25) is 19.7 Å². The number of methoxy groups -OCH3 is 1. The first kappa shape index (κ1) is 22.1. The topological polar surface area (TPSA) is 91.0 Å². The molecule has 2 aromatic heterocycles. The van der Waals surface area contributed by atoms with Crippen LogP contribution in [-0.2, 0) is 17.5 Å².